The van der Waals surface area contributed by atoms with Crippen LogP contribution in [0.15, 0.2) is 127 Å². The average Bonchev–Trinajstić information content (AvgIpc) is 4.01. The van der Waals surface area contributed by atoms with Gasteiger partial charge in [-0.3, -0.25) is 0 Å². The van der Waals surface area contributed by atoms with Gasteiger partial charge in [0.15, 0.2) is 23.0 Å². The van der Waals surface area contributed by atoms with Crippen LogP contribution in [0.25, 0.3) is 11.1 Å². The fourth-order valence-electron chi connectivity index (χ4n) is 6.39. The lowest BCUT2D eigenvalue weighted by atomic mass is 9.99. The molecule has 0 radical (unpaired) electrons. The van der Waals surface area contributed by atoms with Crippen LogP contribution in [-0.4, -0.2) is 39.6 Å². The van der Waals surface area contributed by atoms with Crippen LogP contribution < -0.4 is 18.9 Å². The Bertz CT molecular complexity index is 2010. The first kappa shape index (κ1) is 36.4. The molecule has 3 aliphatic heterocycles. The molecule has 0 N–H and O–H groups in total. The molecule has 0 bridgehead atoms. The predicted octanol–water partition coefficient (Wildman–Crippen LogP) is 12.2. The topological polar surface area (TPSA) is 55.4 Å². The highest BCUT2D eigenvalue weighted by Crippen LogP contribution is 2.63. The zero-order chi connectivity index (χ0) is 36.1. The predicted molar refractivity (Wildman–Crippen MR) is 224 cm³/mol. The van der Waals surface area contributed by atoms with E-state index >= 15 is 0 Å². The highest BCUT2D eigenvalue weighted by atomic mass is 32.2. The number of ether oxygens (including phenoxy) is 6. The monoisotopic (exact) mass is 828 g/mol. The van der Waals surface area contributed by atoms with Crippen LogP contribution in [0.2, 0.25) is 0 Å². The number of para-hydroxylation sites is 4. The normalized spacial score (nSPS) is 17.0. The second kappa shape index (κ2) is 17.3. The lowest BCUT2D eigenvalue weighted by Gasteiger charge is -2.19. The zero-order valence-corrected chi connectivity index (χ0v) is 34.0. The van der Waals surface area contributed by atoms with E-state index in [4.69, 9.17) is 28.4 Å². The molecule has 0 saturated carbocycles. The van der Waals surface area contributed by atoms with Gasteiger partial charge in [0.1, 0.15) is 26.4 Å². The summed E-state index contributed by atoms with van der Waals surface area (Å²) in [4.78, 5) is 7.98. The lowest BCUT2D eigenvalue weighted by molar-refractivity contribution is 0.0267. The summed E-state index contributed by atoms with van der Waals surface area (Å²) in [5.41, 5.74) is 4.81. The van der Waals surface area contributed by atoms with E-state index in [0.717, 1.165) is 11.1 Å². The summed E-state index contributed by atoms with van der Waals surface area (Å²) < 4.78 is 37.7. The molecule has 5 heterocycles. The van der Waals surface area contributed by atoms with Gasteiger partial charge >= 0.3 is 0 Å². The van der Waals surface area contributed by atoms with Crippen LogP contribution in [0.3, 0.4) is 0 Å². The number of hydrogen-bond acceptors (Lipinski definition) is 12. The van der Waals surface area contributed by atoms with Gasteiger partial charge in [-0.15, -0.1) is 69.7 Å². The van der Waals surface area contributed by atoms with Gasteiger partial charge in [-0.25, -0.2) is 0 Å². The molecule has 0 amide bonds. The molecule has 12 heteroatoms. The third-order valence-corrected chi connectivity index (χ3v) is 17.4. The highest BCUT2D eigenvalue weighted by Gasteiger charge is 2.35. The molecular formula is C42H36O6S6. The maximum atomic E-state index is 6.67. The van der Waals surface area contributed by atoms with Gasteiger partial charge in [0.2, 0.25) is 0 Å². The number of hydrogen-bond donors (Lipinski definition) is 0. The lowest BCUT2D eigenvalue weighted by Crippen LogP contribution is -2.14. The van der Waals surface area contributed by atoms with Crippen molar-refractivity contribution in [3.05, 3.63) is 129 Å². The largest absolute Gasteiger partial charge is 0.487 e. The van der Waals surface area contributed by atoms with E-state index in [-0.39, 0.29) is 9.16 Å². The summed E-state index contributed by atoms with van der Waals surface area (Å²) in [5, 5.41) is 4.59. The molecule has 6 aromatic rings. The van der Waals surface area contributed by atoms with Gasteiger partial charge < -0.3 is 28.4 Å². The molecule has 4 aromatic carbocycles. The quantitative estimate of drug-likeness (QED) is 0.169. The second-order valence-corrected chi connectivity index (χ2v) is 19.4. The molecule has 9 rings (SSSR count). The maximum absolute atomic E-state index is 6.67. The Balaban J connectivity index is 1.13. The first-order valence-corrected chi connectivity index (χ1v) is 23.0. The van der Waals surface area contributed by atoms with Crippen LogP contribution in [0.5, 0.6) is 23.0 Å². The van der Waals surface area contributed by atoms with E-state index in [1.54, 1.807) is 0 Å². The molecule has 6 nitrogen and oxygen atoms in total. The van der Waals surface area contributed by atoms with Crippen LogP contribution in [-0.2, 0) is 22.7 Å². The molecular weight excluding hydrogens is 793 g/mol. The third kappa shape index (κ3) is 8.03. The summed E-state index contributed by atoms with van der Waals surface area (Å²) in [7, 11) is 0. The minimum absolute atomic E-state index is 0.212. The molecule has 2 aromatic heterocycles. The number of benzene rings is 4. The molecule has 0 aliphatic carbocycles. The van der Waals surface area contributed by atoms with Gasteiger partial charge in [0.05, 0.1) is 35.6 Å². The first-order chi connectivity index (χ1) is 26.8. The molecule has 3 aliphatic rings. The Labute approximate surface area is 340 Å². The Morgan fingerprint density at radius 1 is 0.389 bits per heavy atom. The molecule has 0 atom stereocenters. The van der Waals surface area contributed by atoms with Crippen molar-refractivity contribution in [2.75, 3.05) is 39.6 Å². The van der Waals surface area contributed by atoms with E-state index in [1.165, 1.54) is 40.5 Å². The Hall–Kier alpha value is -3.20. The Kier molecular flexibility index (Phi) is 11.7. The van der Waals surface area contributed by atoms with E-state index in [9.17, 15) is 0 Å². The van der Waals surface area contributed by atoms with Crippen LogP contribution in [0.1, 0.15) is 30.0 Å². The van der Waals surface area contributed by atoms with Crippen molar-refractivity contribution in [2.45, 2.75) is 42.0 Å². The first-order valence-electron chi connectivity index (χ1n) is 17.7. The van der Waals surface area contributed by atoms with Crippen molar-refractivity contribution in [3.8, 4) is 34.1 Å². The Morgan fingerprint density at radius 2 is 0.722 bits per heavy atom. The molecule has 0 fully saturated rings. The molecule has 0 unspecified atom stereocenters. The van der Waals surface area contributed by atoms with Gasteiger partial charge in [-0.05, 0) is 59.3 Å². The van der Waals surface area contributed by atoms with Crippen LogP contribution >= 0.6 is 69.7 Å². The van der Waals surface area contributed by atoms with E-state index in [0.29, 0.717) is 75.9 Å². The van der Waals surface area contributed by atoms with Gasteiger partial charge in [0.25, 0.3) is 0 Å². The minimum Gasteiger partial charge on any atom is -0.487 e. The number of thioether (sulfide) groups is 4. The number of rotatable bonds is 2. The number of fused-ring (bicyclic) bond motifs is 7. The molecule has 0 spiro atoms. The minimum atomic E-state index is 0.212. The van der Waals surface area contributed by atoms with Crippen molar-refractivity contribution < 1.29 is 28.4 Å². The molecule has 276 valence electrons. The zero-order valence-electron chi connectivity index (χ0n) is 29.1. The average molecular weight is 829 g/mol. The van der Waals surface area contributed by atoms with E-state index < -0.39 is 0 Å². The van der Waals surface area contributed by atoms with Crippen LogP contribution in [0, 0.1) is 0 Å². The van der Waals surface area contributed by atoms with Crippen molar-refractivity contribution in [2.24, 2.45) is 0 Å². The van der Waals surface area contributed by atoms with Crippen LogP contribution in [0.4, 0.5) is 0 Å². The van der Waals surface area contributed by atoms with Gasteiger partial charge in [-0.2, -0.15) is 0 Å². The summed E-state index contributed by atoms with van der Waals surface area (Å²) in [6, 6.07) is 33.3. The van der Waals surface area contributed by atoms with Crippen molar-refractivity contribution in [1.29, 1.82) is 0 Å². The summed E-state index contributed by atoms with van der Waals surface area (Å²) in [6.45, 7) is 3.45. The smallest absolute Gasteiger partial charge is 0.161 e. The second-order valence-electron chi connectivity index (χ2n) is 12.4. The SMILES string of the molecule is c1ccc2c(c1)OCCOCCOCCOc1ccccc1OCc1csc(C3Sc4ccccc4S3)c1-c1c(csc1C1Sc3ccccc3S1)CO2. The fourth-order valence-corrected chi connectivity index (χ4v) is 14.9. The van der Waals surface area contributed by atoms with Crippen molar-refractivity contribution in [1.82, 2.24) is 0 Å². The van der Waals surface area contributed by atoms with E-state index in [1.807, 2.05) is 118 Å². The fraction of sp³-hybridized carbons (Fsp3) is 0.238. The summed E-state index contributed by atoms with van der Waals surface area (Å²) in [6.07, 6.45) is 0. The van der Waals surface area contributed by atoms with Gasteiger partial charge in [-0.1, -0.05) is 48.5 Å². The molecule has 0 saturated heterocycles. The van der Waals surface area contributed by atoms with Crippen molar-refractivity contribution in [3.63, 3.8) is 0 Å². The number of thiophene rings is 2. The van der Waals surface area contributed by atoms with E-state index in [2.05, 4.69) is 59.3 Å². The van der Waals surface area contributed by atoms with Gasteiger partial charge in [0, 0.05) is 51.6 Å². The van der Waals surface area contributed by atoms with Crippen molar-refractivity contribution >= 4 is 69.7 Å². The highest BCUT2D eigenvalue weighted by molar-refractivity contribution is 8.19. The standard InChI is InChI=1S/C42H36O6S6/c1-3-11-31-29(9-1)45-21-19-43-17-18-44-20-22-46-30-10-2-4-12-32(30)48-24-28-26-50-40(42-53-35-15-7-8-16-36(35)54-42)38(28)37-27(23-47-31)25-49-39(37)41-51-33-13-5-6-14-34(33)52-41/h1-16,25-26,41-42H,17-24H2. The maximum Gasteiger partial charge on any atom is 0.161 e. The summed E-state index contributed by atoms with van der Waals surface area (Å²) >= 11 is 11.4. The third-order valence-electron chi connectivity index (χ3n) is 8.91. The molecule has 54 heavy (non-hydrogen) atoms. The Morgan fingerprint density at radius 3 is 1.11 bits per heavy atom. The summed E-state index contributed by atoms with van der Waals surface area (Å²) in [5.74, 6) is 2.82.